The van der Waals surface area contributed by atoms with E-state index in [-0.39, 0.29) is 41.9 Å². The number of nitrogens with zero attached hydrogens (tertiary/aromatic N) is 4. The van der Waals surface area contributed by atoms with E-state index in [4.69, 9.17) is 0 Å². The smallest absolute Gasteiger partial charge is 0.272 e. The van der Waals surface area contributed by atoms with Crippen molar-refractivity contribution in [2.24, 2.45) is 0 Å². The topological polar surface area (TPSA) is 117 Å². The van der Waals surface area contributed by atoms with Crippen molar-refractivity contribution in [3.63, 3.8) is 0 Å². The summed E-state index contributed by atoms with van der Waals surface area (Å²) < 4.78 is 1.47. The number of aromatic nitrogens is 2. The van der Waals surface area contributed by atoms with E-state index in [0.717, 1.165) is 38.6 Å². The number of rotatable bonds is 7. The molecule has 0 radical (unpaired) electrons. The first-order valence-electron chi connectivity index (χ1n) is 11.5. The van der Waals surface area contributed by atoms with E-state index in [1.54, 1.807) is 14.0 Å². The van der Waals surface area contributed by atoms with E-state index in [2.05, 4.69) is 15.7 Å². The van der Waals surface area contributed by atoms with Gasteiger partial charge in [-0.2, -0.15) is 5.10 Å². The van der Waals surface area contributed by atoms with Gasteiger partial charge in [0.05, 0.1) is 6.54 Å². The van der Waals surface area contributed by atoms with Crippen LogP contribution in [0.15, 0.2) is 6.07 Å². The number of hydrogen-bond acceptors (Lipinski definition) is 5. The predicted molar refractivity (Wildman–Crippen MR) is 116 cm³/mol. The van der Waals surface area contributed by atoms with Gasteiger partial charge in [-0.05, 0) is 32.6 Å². The maximum atomic E-state index is 13.0. The Balaban J connectivity index is 1.37. The van der Waals surface area contributed by atoms with Crippen LogP contribution < -0.4 is 10.6 Å². The van der Waals surface area contributed by atoms with Crippen LogP contribution in [0.25, 0.3) is 0 Å². The third-order valence-electron chi connectivity index (χ3n) is 6.98. The summed E-state index contributed by atoms with van der Waals surface area (Å²) in [5, 5.41) is 10.2. The van der Waals surface area contributed by atoms with Crippen molar-refractivity contribution in [1.82, 2.24) is 30.2 Å². The molecule has 0 aromatic carbocycles. The molecule has 2 fully saturated rings. The number of amides is 4. The Morgan fingerprint density at radius 3 is 2.66 bits per heavy atom. The third kappa shape index (κ3) is 4.22. The van der Waals surface area contributed by atoms with Crippen molar-refractivity contribution in [2.75, 3.05) is 26.7 Å². The summed E-state index contributed by atoms with van der Waals surface area (Å²) in [6.45, 7) is 3.74. The predicted octanol–water partition coefficient (Wildman–Crippen LogP) is 0.529. The molecule has 10 heteroatoms. The largest absolute Gasteiger partial charge is 0.351 e. The van der Waals surface area contributed by atoms with Crippen LogP contribution in [0.2, 0.25) is 0 Å². The second kappa shape index (κ2) is 8.91. The van der Waals surface area contributed by atoms with Crippen molar-refractivity contribution >= 4 is 23.6 Å². The summed E-state index contributed by atoms with van der Waals surface area (Å²) in [5.41, 5.74) is -0.625. The van der Waals surface area contributed by atoms with Crippen molar-refractivity contribution in [3.8, 4) is 0 Å². The Kier molecular flexibility index (Phi) is 6.21. The van der Waals surface area contributed by atoms with Gasteiger partial charge in [-0.1, -0.05) is 12.8 Å². The highest BCUT2D eigenvalue weighted by Gasteiger charge is 2.46. The standard InChI is InChI=1S/C22H32N6O4/c1-22(21(32)24-15-7-3-4-8-15)14-28-17(20(31)26(22)2)13-16(25-28)19(30)23-10-6-12-27-11-5-9-18(27)29/h13,15H,3-12,14H2,1-2H3,(H,23,30)(H,24,32)/t22-/m0/s1. The molecule has 1 saturated carbocycles. The van der Waals surface area contributed by atoms with Crippen LogP contribution in [0.5, 0.6) is 0 Å². The molecule has 1 aromatic heterocycles. The zero-order valence-electron chi connectivity index (χ0n) is 18.9. The van der Waals surface area contributed by atoms with Gasteiger partial charge in [0, 0.05) is 45.2 Å². The van der Waals surface area contributed by atoms with E-state index in [1.807, 2.05) is 4.90 Å². The Hall–Kier alpha value is -2.91. The van der Waals surface area contributed by atoms with Crippen LogP contribution in [0.3, 0.4) is 0 Å². The molecule has 0 spiro atoms. The van der Waals surface area contributed by atoms with Gasteiger partial charge >= 0.3 is 0 Å². The second-order valence-corrected chi connectivity index (χ2v) is 9.26. The lowest BCUT2D eigenvalue weighted by atomic mass is 9.95. The molecule has 0 unspecified atom stereocenters. The normalized spacial score (nSPS) is 23.6. The first-order chi connectivity index (χ1) is 15.3. The molecule has 1 aliphatic carbocycles. The minimum Gasteiger partial charge on any atom is -0.351 e. The lowest BCUT2D eigenvalue weighted by molar-refractivity contribution is -0.133. The number of likely N-dealkylation sites (N-methyl/N-ethyl adjacent to an activating group) is 1. The van der Waals surface area contributed by atoms with Gasteiger partial charge in [0.2, 0.25) is 11.8 Å². The fourth-order valence-electron chi connectivity index (χ4n) is 4.75. The average Bonchev–Trinajstić information content (AvgIpc) is 3.51. The van der Waals surface area contributed by atoms with Crippen molar-refractivity contribution in [3.05, 3.63) is 17.5 Å². The van der Waals surface area contributed by atoms with Gasteiger partial charge in [0.1, 0.15) is 11.2 Å². The minimum absolute atomic E-state index is 0.152. The van der Waals surface area contributed by atoms with Crippen LogP contribution in [-0.2, 0) is 16.1 Å². The fourth-order valence-corrected chi connectivity index (χ4v) is 4.75. The van der Waals surface area contributed by atoms with Crippen molar-refractivity contribution in [2.45, 2.75) is 70.0 Å². The number of nitrogens with one attached hydrogen (secondary N) is 2. The highest BCUT2D eigenvalue weighted by Crippen LogP contribution is 2.27. The number of carbonyl (C=O) groups is 4. The lowest BCUT2D eigenvalue weighted by Crippen LogP contribution is -2.63. The summed E-state index contributed by atoms with van der Waals surface area (Å²) in [4.78, 5) is 53.5. The van der Waals surface area contributed by atoms with Crippen LogP contribution >= 0.6 is 0 Å². The number of fused-ring (bicyclic) bond motifs is 1. The quantitative estimate of drug-likeness (QED) is 0.595. The first kappa shape index (κ1) is 22.3. The second-order valence-electron chi connectivity index (χ2n) is 9.26. The molecule has 0 bridgehead atoms. The summed E-state index contributed by atoms with van der Waals surface area (Å²) >= 11 is 0. The van der Waals surface area contributed by atoms with Gasteiger partial charge in [-0.3, -0.25) is 23.9 Å². The summed E-state index contributed by atoms with van der Waals surface area (Å²) in [5.74, 6) is -0.726. The SMILES string of the molecule is CN1C(=O)c2cc(C(=O)NCCCN3CCCC3=O)nn2C[C@@]1(C)C(=O)NC1CCCC1. The first-order valence-corrected chi connectivity index (χ1v) is 11.5. The molecule has 1 saturated heterocycles. The Bertz CT molecular complexity index is 922. The molecule has 3 heterocycles. The molecule has 1 aromatic rings. The highest BCUT2D eigenvalue weighted by atomic mass is 16.2. The summed E-state index contributed by atoms with van der Waals surface area (Å²) in [6.07, 6.45) is 6.29. The van der Waals surface area contributed by atoms with Crippen molar-refractivity contribution in [1.29, 1.82) is 0 Å². The molecule has 1 atom stereocenters. The lowest BCUT2D eigenvalue weighted by Gasteiger charge is -2.41. The maximum Gasteiger partial charge on any atom is 0.272 e. The molecular formula is C22H32N6O4. The summed E-state index contributed by atoms with van der Waals surface area (Å²) in [6, 6.07) is 1.63. The average molecular weight is 445 g/mol. The molecule has 32 heavy (non-hydrogen) atoms. The van der Waals surface area contributed by atoms with Gasteiger partial charge < -0.3 is 20.4 Å². The van der Waals surface area contributed by atoms with Crippen LogP contribution in [0, 0.1) is 0 Å². The molecule has 10 nitrogen and oxygen atoms in total. The molecule has 2 N–H and O–H groups in total. The zero-order chi connectivity index (χ0) is 22.9. The third-order valence-corrected chi connectivity index (χ3v) is 6.98. The van der Waals surface area contributed by atoms with Gasteiger partial charge in [-0.25, -0.2) is 0 Å². The van der Waals surface area contributed by atoms with E-state index in [0.29, 0.717) is 31.6 Å². The molecule has 4 rings (SSSR count). The van der Waals surface area contributed by atoms with E-state index >= 15 is 0 Å². The minimum atomic E-state index is -1.07. The number of hydrogen-bond donors (Lipinski definition) is 2. The van der Waals surface area contributed by atoms with Gasteiger partial charge in [-0.15, -0.1) is 0 Å². The van der Waals surface area contributed by atoms with Gasteiger partial charge in [0.25, 0.3) is 11.8 Å². The zero-order valence-corrected chi connectivity index (χ0v) is 18.9. The Labute approximate surface area is 187 Å². The van der Waals surface area contributed by atoms with Crippen LogP contribution in [0.1, 0.15) is 72.8 Å². The van der Waals surface area contributed by atoms with E-state index in [9.17, 15) is 19.2 Å². The maximum absolute atomic E-state index is 13.0. The number of likely N-dealkylation sites (tertiary alicyclic amines) is 1. The molecule has 2 aliphatic heterocycles. The van der Waals surface area contributed by atoms with Crippen molar-refractivity contribution < 1.29 is 19.2 Å². The number of carbonyl (C=O) groups excluding carboxylic acids is 4. The van der Waals surface area contributed by atoms with Gasteiger partial charge in [0.15, 0.2) is 5.69 Å². The summed E-state index contributed by atoms with van der Waals surface area (Å²) in [7, 11) is 1.62. The van der Waals surface area contributed by atoms with Crippen LogP contribution in [0.4, 0.5) is 0 Å². The Morgan fingerprint density at radius 1 is 1.22 bits per heavy atom. The van der Waals surface area contributed by atoms with E-state index < -0.39 is 5.54 Å². The molecule has 174 valence electrons. The molecule has 4 amide bonds. The highest BCUT2D eigenvalue weighted by molar-refractivity contribution is 6.01. The fraction of sp³-hybridized carbons (Fsp3) is 0.682. The monoisotopic (exact) mass is 444 g/mol. The Morgan fingerprint density at radius 2 is 1.97 bits per heavy atom. The molecular weight excluding hydrogens is 412 g/mol. The van der Waals surface area contributed by atoms with E-state index in [1.165, 1.54) is 15.6 Å². The molecule has 3 aliphatic rings. The van der Waals surface area contributed by atoms with Crippen LogP contribution in [-0.4, -0.2) is 81.5 Å².